The van der Waals surface area contributed by atoms with E-state index in [4.69, 9.17) is 12.8 Å². The van der Waals surface area contributed by atoms with Crippen molar-refractivity contribution in [2.45, 2.75) is 90.8 Å². The van der Waals surface area contributed by atoms with Crippen molar-refractivity contribution >= 4 is 19.6 Å². The molecule has 3 atom stereocenters. The van der Waals surface area contributed by atoms with Gasteiger partial charge in [0.25, 0.3) is 0 Å². The van der Waals surface area contributed by atoms with Gasteiger partial charge < -0.3 is 15.1 Å². The molecule has 1 aliphatic carbocycles. The number of hydrogen-bond donors (Lipinski definition) is 1. The molecule has 0 spiro atoms. The molecule has 37 heavy (non-hydrogen) atoms. The molecule has 3 heterocycles. The average molecular weight is 504 g/mol. The molecule has 7 heteroatoms. The van der Waals surface area contributed by atoms with Crippen molar-refractivity contribution in [3.63, 3.8) is 0 Å². The van der Waals surface area contributed by atoms with Gasteiger partial charge in [-0.25, -0.2) is 9.37 Å². The Morgan fingerprint density at radius 2 is 1.86 bits per heavy atom. The summed E-state index contributed by atoms with van der Waals surface area (Å²) in [6.45, 7) is 16.5. The number of anilines is 2. The minimum Gasteiger partial charge on any atom is -0.363 e. The zero-order chi connectivity index (χ0) is 26.5. The average Bonchev–Trinajstić information content (AvgIpc) is 2.76. The Morgan fingerprint density at radius 1 is 1.14 bits per heavy atom. The van der Waals surface area contributed by atoms with Crippen LogP contribution < -0.4 is 10.2 Å². The van der Waals surface area contributed by atoms with Crippen LogP contribution in [0.15, 0.2) is 24.4 Å². The van der Waals surface area contributed by atoms with Gasteiger partial charge in [-0.3, -0.25) is 0 Å². The third-order valence-electron chi connectivity index (χ3n) is 9.13. The van der Waals surface area contributed by atoms with E-state index in [-0.39, 0.29) is 11.4 Å². The number of rotatable bonds is 7. The van der Waals surface area contributed by atoms with Crippen LogP contribution >= 0.6 is 0 Å². The maximum Gasteiger partial charge on any atom is 0.227 e. The molecule has 198 valence electrons. The van der Waals surface area contributed by atoms with Gasteiger partial charge in [0.1, 0.15) is 12.0 Å². The number of halogens is 1. The largest absolute Gasteiger partial charge is 0.363 e. The van der Waals surface area contributed by atoms with Crippen LogP contribution in [0.5, 0.6) is 0 Å². The van der Waals surface area contributed by atoms with E-state index >= 15 is 0 Å². The van der Waals surface area contributed by atoms with Gasteiger partial charge in [0.2, 0.25) is 5.95 Å². The minimum atomic E-state index is -1.15. The molecule has 0 amide bonds. The number of benzene rings is 1. The van der Waals surface area contributed by atoms with Crippen molar-refractivity contribution in [2.75, 3.05) is 36.4 Å². The third kappa shape index (κ3) is 5.39. The highest BCUT2D eigenvalue weighted by molar-refractivity contribution is 6.16. The number of piperidine rings is 1. The highest BCUT2D eigenvalue weighted by Gasteiger charge is 2.48. The lowest BCUT2D eigenvalue weighted by Gasteiger charge is -2.57. The van der Waals surface area contributed by atoms with Crippen molar-refractivity contribution in [1.29, 1.82) is 0 Å². The van der Waals surface area contributed by atoms with Gasteiger partial charge in [0.05, 0.1) is 13.9 Å². The van der Waals surface area contributed by atoms with Gasteiger partial charge >= 0.3 is 0 Å². The summed E-state index contributed by atoms with van der Waals surface area (Å²) < 4.78 is 14.5. The molecule has 2 radical (unpaired) electrons. The summed E-state index contributed by atoms with van der Waals surface area (Å²) >= 11 is 0. The molecule has 1 saturated carbocycles. The molecular weight excluding hydrogens is 460 g/mol. The van der Waals surface area contributed by atoms with Crippen molar-refractivity contribution < 1.29 is 4.39 Å². The zero-order valence-electron chi connectivity index (χ0n) is 23.5. The predicted molar refractivity (Wildman–Crippen MR) is 151 cm³/mol. The number of aromatic nitrogens is 2. The SMILES string of the molecule is [B][C@]1(C2CN(c3ncc(C(C)F)c(N[C@H](C)c4ccc(C)cc4C)n3)C2)CCCN(C2CC(C)(C)C2)C1. The number of nitrogens with zero attached hydrogens (tertiary/aromatic N) is 4. The normalized spacial score (nSPS) is 26.3. The van der Waals surface area contributed by atoms with Gasteiger partial charge in [-0.1, -0.05) is 44.0 Å². The second-order valence-corrected chi connectivity index (χ2v) is 13.0. The number of alkyl halides is 1. The van der Waals surface area contributed by atoms with E-state index in [1.807, 2.05) is 0 Å². The van der Waals surface area contributed by atoms with Gasteiger partial charge in [-0.15, -0.1) is 0 Å². The van der Waals surface area contributed by atoms with E-state index < -0.39 is 6.17 Å². The highest BCUT2D eigenvalue weighted by Crippen LogP contribution is 2.50. The molecule has 1 aromatic heterocycles. The van der Waals surface area contributed by atoms with E-state index in [1.165, 1.54) is 42.5 Å². The van der Waals surface area contributed by atoms with Gasteiger partial charge in [-0.2, -0.15) is 4.98 Å². The summed E-state index contributed by atoms with van der Waals surface area (Å²) in [5.74, 6) is 1.67. The van der Waals surface area contributed by atoms with Crippen LogP contribution in [0.2, 0.25) is 5.31 Å². The molecule has 3 aliphatic rings. The van der Waals surface area contributed by atoms with Gasteiger partial charge in [-0.05, 0) is 87.8 Å². The topological polar surface area (TPSA) is 44.3 Å². The Bertz CT molecular complexity index is 1120. The summed E-state index contributed by atoms with van der Waals surface area (Å²) in [7, 11) is 7.06. The monoisotopic (exact) mass is 503 g/mol. The first-order valence-corrected chi connectivity index (χ1v) is 14.1. The summed E-state index contributed by atoms with van der Waals surface area (Å²) in [6, 6.07) is 7.13. The molecule has 1 aromatic carbocycles. The maximum absolute atomic E-state index is 14.5. The minimum absolute atomic E-state index is 0.00186. The van der Waals surface area contributed by atoms with E-state index in [0.717, 1.165) is 26.1 Å². The molecule has 3 fully saturated rings. The lowest BCUT2D eigenvalue weighted by molar-refractivity contribution is -0.00474. The van der Waals surface area contributed by atoms with Gasteiger partial charge in [0, 0.05) is 30.9 Å². The Hall–Kier alpha value is -2.15. The predicted octanol–water partition coefficient (Wildman–Crippen LogP) is 6.34. The van der Waals surface area contributed by atoms with Crippen LogP contribution in [0, 0.1) is 25.2 Å². The highest BCUT2D eigenvalue weighted by atomic mass is 19.1. The molecule has 5 nitrogen and oxygen atoms in total. The molecule has 0 bridgehead atoms. The fourth-order valence-electron chi connectivity index (χ4n) is 6.81. The number of aryl methyl sites for hydroxylation is 2. The zero-order valence-corrected chi connectivity index (χ0v) is 23.5. The Morgan fingerprint density at radius 3 is 2.51 bits per heavy atom. The Labute approximate surface area is 224 Å². The maximum atomic E-state index is 14.5. The van der Waals surface area contributed by atoms with Crippen LogP contribution in [0.1, 0.15) is 87.8 Å². The van der Waals surface area contributed by atoms with Crippen molar-refractivity contribution in [2.24, 2.45) is 11.3 Å². The first-order valence-electron chi connectivity index (χ1n) is 14.1. The van der Waals surface area contributed by atoms with Crippen LogP contribution in [0.25, 0.3) is 0 Å². The van der Waals surface area contributed by atoms with E-state index in [0.29, 0.717) is 34.7 Å². The van der Waals surface area contributed by atoms with E-state index in [9.17, 15) is 4.39 Å². The van der Waals surface area contributed by atoms with Crippen LogP contribution in [0.4, 0.5) is 16.2 Å². The molecule has 2 aliphatic heterocycles. The van der Waals surface area contributed by atoms with Crippen LogP contribution in [-0.4, -0.2) is 54.9 Å². The fourth-order valence-corrected chi connectivity index (χ4v) is 6.81. The summed E-state index contributed by atoms with van der Waals surface area (Å²) in [6.07, 6.45) is 5.32. The smallest absolute Gasteiger partial charge is 0.227 e. The molecule has 1 N–H and O–H groups in total. The fraction of sp³-hybridized carbons (Fsp3) is 0.667. The lowest BCUT2D eigenvalue weighted by atomic mass is 9.54. The molecule has 1 unspecified atom stereocenters. The molecule has 2 saturated heterocycles. The second-order valence-electron chi connectivity index (χ2n) is 13.0. The number of hydrogen-bond acceptors (Lipinski definition) is 5. The molecule has 2 aromatic rings. The van der Waals surface area contributed by atoms with E-state index in [2.05, 4.69) is 72.9 Å². The first-order chi connectivity index (χ1) is 17.4. The molecular formula is C30H43BFN5. The summed E-state index contributed by atoms with van der Waals surface area (Å²) in [5.41, 5.74) is 4.62. The van der Waals surface area contributed by atoms with Crippen LogP contribution in [0.3, 0.4) is 0 Å². The first kappa shape index (κ1) is 26.5. The second kappa shape index (κ2) is 9.87. The summed E-state index contributed by atoms with van der Waals surface area (Å²) in [4.78, 5) is 14.2. The van der Waals surface area contributed by atoms with Gasteiger partial charge in [0.15, 0.2) is 0 Å². The van der Waals surface area contributed by atoms with Crippen molar-refractivity contribution in [1.82, 2.24) is 14.9 Å². The van der Waals surface area contributed by atoms with E-state index in [1.54, 1.807) is 13.1 Å². The lowest BCUT2D eigenvalue weighted by Crippen LogP contribution is -2.59. The Balaban J connectivity index is 1.26. The summed E-state index contributed by atoms with van der Waals surface area (Å²) in [5, 5.41) is 3.33. The quantitative estimate of drug-likeness (QED) is 0.447. The standard InChI is InChI=1S/C30H43BFN5/c1-19-8-9-25(20(2)12-19)22(4)34-27-26(21(3)32)15-33-28(35-27)37-16-23(17-37)30(31)10-7-11-36(18-30)24-13-29(5,6)14-24/h8-9,12,15,21-24H,7,10-11,13-14,16-18H2,1-6H3,(H,33,34,35)/t21?,22-,30-/m1/s1. The number of nitrogens with one attached hydrogen (secondary N) is 1. The van der Waals surface area contributed by atoms with Crippen molar-refractivity contribution in [3.05, 3.63) is 46.6 Å². The number of likely N-dealkylation sites (tertiary alicyclic amines) is 1. The molecule has 5 rings (SSSR count). The van der Waals surface area contributed by atoms with Crippen molar-refractivity contribution in [3.8, 4) is 0 Å². The Kier molecular flexibility index (Phi) is 7.06. The third-order valence-corrected chi connectivity index (χ3v) is 9.13. The van der Waals surface area contributed by atoms with Crippen LogP contribution in [-0.2, 0) is 0 Å².